The number of hydrogen-bond acceptors (Lipinski definition) is 0. The van der Waals surface area contributed by atoms with Crippen molar-refractivity contribution >= 4 is 0 Å². The lowest BCUT2D eigenvalue weighted by molar-refractivity contribution is 1.17. The third kappa shape index (κ3) is 0.162. The molecule has 0 saturated heterocycles. The Hall–Kier alpha value is -0.520. The first kappa shape index (κ1) is 2.62. The van der Waals surface area contributed by atoms with Crippen molar-refractivity contribution in [2.45, 2.75) is 6.42 Å². The largest absolute Gasteiger partial charge is 0.0770 e. The van der Waals surface area contributed by atoms with Gasteiger partial charge in [-0.3, -0.25) is 0 Å². The topological polar surface area (TPSA) is 0 Å². The van der Waals surface area contributed by atoms with Crippen molar-refractivity contribution in [1.29, 1.82) is 0 Å². The zero-order chi connectivity index (χ0) is 3.98. The molecule has 30 valence electrons. The van der Waals surface area contributed by atoms with Crippen molar-refractivity contribution in [2.24, 2.45) is 5.92 Å². The van der Waals surface area contributed by atoms with Gasteiger partial charge < -0.3 is 0 Å². The lowest BCUT2D eigenvalue weighted by atomic mass is 10.4. The summed E-state index contributed by atoms with van der Waals surface area (Å²) in [7, 11) is 0. The average Bonchev–Trinajstić information content (AvgIpc) is 2.17. The molecule has 0 bridgehead atoms. The van der Waals surface area contributed by atoms with Gasteiger partial charge in [-0.05, 0) is 6.42 Å². The molecule has 0 radical (unpaired) electrons. The van der Waals surface area contributed by atoms with E-state index >= 15 is 0 Å². The van der Waals surface area contributed by atoms with Gasteiger partial charge >= 0.3 is 0 Å². The molecule has 0 nitrogen and oxygen atoms in total. The highest BCUT2D eigenvalue weighted by molar-refractivity contribution is 5.39. The predicted molar refractivity (Wildman–Crippen MR) is 25.3 cm³/mol. The number of rotatable bonds is 0. The minimum Gasteiger partial charge on any atom is -0.0770 e. The molecule has 1 saturated carbocycles. The van der Waals surface area contributed by atoms with Crippen LogP contribution in [0.15, 0.2) is 23.8 Å². The third-order valence-corrected chi connectivity index (χ3v) is 1.43. The first-order valence-corrected chi connectivity index (χ1v) is 2.34. The van der Waals surface area contributed by atoms with Gasteiger partial charge in [0.25, 0.3) is 0 Å². The highest BCUT2D eigenvalue weighted by atomic mass is 14.3. The molecule has 0 unspecified atom stereocenters. The molecule has 1 fully saturated rings. The third-order valence-electron chi connectivity index (χ3n) is 1.43. The monoisotopic (exact) mass is 78.0 g/mol. The minimum atomic E-state index is 0.894. The van der Waals surface area contributed by atoms with Gasteiger partial charge in [-0.1, -0.05) is 23.8 Å². The summed E-state index contributed by atoms with van der Waals surface area (Å²) in [5.74, 6) is 0.894. The number of fused-ring (bicyclic) bond motifs is 1. The molecular formula is C6H6. The number of hydrogen-bond donors (Lipinski definition) is 0. The Morgan fingerprint density at radius 1 is 1.67 bits per heavy atom. The van der Waals surface area contributed by atoms with Crippen LogP contribution >= 0.6 is 0 Å². The molecule has 0 amide bonds. The maximum Gasteiger partial charge on any atom is 0.00208 e. The lowest BCUT2D eigenvalue weighted by Crippen LogP contribution is -1.50. The van der Waals surface area contributed by atoms with Crippen molar-refractivity contribution in [2.75, 3.05) is 0 Å². The van der Waals surface area contributed by atoms with Crippen LogP contribution in [0.1, 0.15) is 6.42 Å². The minimum absolute atomic E-state index is 0.894. The summed E-state index contributed by atoms with van der Waals surface area (Å²) in [5.41, 5.74) is 1.63. The van der Waals surface area contributed by atoms with Gasteiger partial charge in [0.05, 0.1) is 0 Å². The van der Waals surface area contributed by atoms with E-state index in [0.717, 1.165) is 5.92 Å². The second-order valence-electron chi connectivity index (χ2n) is 1.94. The van der Waals surface area contributed by atoms with E-state index in [9.17, 15) is 0 Å². The summed E-state index contributed by atoms with van der Waals surface area (Å²) in [4.78, 5) is 0. The fourth-order valence-electron chi connectivity index (χ4n) is 0.892. The molecule has 0 aromatic carbocycles. The second kappa shape index (κ2) is 0.604. The molecule has 2 aliphatic carbocycles. The molecule has 0 aromatic rings. The fraction of sp³-hybridized carbons (Fsp3) is 0.333. The van der Waals surface area contributed by atoms with Gasteiger partial charge in [-0.2, -0.15) is 0 Å². The van der Waals surface area contributed by atoms with E-state index in [1.165, 1.54) is 6.42 Å². The van der Waals surface area contributed by atoms with Crippen molar-refractivity contribution in [3.05, 3.63) is 23.8 Å². The molecule has 2 aliphatic rings. The second-order valence-corrected chi connectivity index (χ2v) is 1.94. The van der Waals surface area contributed by atoms with Gasteiger partial charge in [0, 0.05) is 5.92 Å². The summed E-state index contributed by atoms with van der Waals surface area (Å²) < 4.78 is 0. The molecule has 6 heavy (non-hydrogen) atoms. The van der Waals surface area contributed by atoms with Crippen molar-refractivity contribution in [1.82, 2.24) is 0 Å². The normalized spacial score (nSPS) is 36.0. The van der Waals surface area contributed by atoms with Gasteiger partial charge in [0.2, 0.25) is 0 Å². The van der Waals surface area contributed by atoms with E-state index < -0.39 is 0 Å². The van der Waals surface area contributed by atoms with Crippen molar-refractivity contribution in [3.63, 3.8) is 0 Å². The van der Waals surface area contributed by atoms with E-state index in [-0.39, 0.29) is 0 Å². The molecule has 1 atom stereocenters. The van der Waals surface area contributed by atoms with Crippen LogP contribution < -0.4 is 0 Å². The summed E-state index contributed by atoms with van der Waals surface area (Å²) in [6, 6.07) is 0. The zero-order valence-electron chi connectivity index (χ0n) is 3.52. The molecular weight excluding hydrogens is 72.1 g/mol. The van der Waals surface area contributed by atoms with Crippen LogP contribution in [0.3, 0.4) is 0 Å². The molecule has 0 spiro atoms. The fourth-order valence-corrected chi connectivity index (χ4v) is 0.892. The van der Waals surface area contributed by atoms with Crippen LogP contribution in [0.4, 0.5) is 0 Å². The highest BCUT2D eigenvalue weighted by Crippen LogP contribution is 2.42. The van der Waals surface area contributed by atoms with Gasteiger partial charge in [0.1, 0.15) is 0 Å². The summed E-state index contributed by atoms with van der Waals surface area (Å²) in [5, 5.41) is 0. The van der Waals surface area contributed by atoms with E-state index in [1.807, 2.05) is 0 Å². The van der Waals surface area contributed by atoms with Gasteiger partial charge in [0.15, 0.2) is 0 Å². The Morgan fingerprint density at radius 3 is 2.83 bits per heavy atom. The molecule has 0 N–H and O–H groups in total. The van der Waals surface area contributed by atoms with Gasteiger partial charge in [-0.15, -0.1) is 0 Å². The summed E-state index contributed by atoms with van der Waals surface area (Å²) in [6.45, 7) is 0. The van der Waals surface area contributed by atoms with Crippen LogP contribution in [0.25, 0.3) is 0 Å². The molecule has 0 heteroatoms. The van der Waals surface area contributed by atoms with Crippen molar-refractivity contribution < 1.29 is 0 Å². The Morgan fingerprint density at radius 2 is 2.67 bits per heavy atom. The summed E-state index contributed by atoms with van der Waals surface area (Å²) in [6.07, 6.45) is 7.97. The first-order valence-electron chi connectivity index (χ1n) is 2.34. The Balaban J connectivity index is 2.50. The standard InChI is InChI=1S/C6H6/c1-2-5-4-6(5)3-1/h1-3,5H,4H2/t5-/m0/s1. The molecule has 0 heterocycles. The predicted octanol–water partition coefficient (Wildman–Crippen LogP) is 1.50. The maximum absolute atomic E-state index is 2.26. The highest BCUT2D eigenvalue weighted by Gasteiger charge is 2.28. The quantitative estimate of drug-likeness (QED) is 0.412. The first-order chi connectivity index (χ1) is 2.97. The van der Waals surface area contributed by atoms with E-state index in [1.54, 1.807) is 5.57 Å². The molecule has 0 aliphatic heterocycles. The Kier molecular flexibility index (Phi) is 0.264. The maximum atomic E-state index is 2.26. The molecule has 2 rings (SSSR count). The van der Waals surface area contributed by atoms with E-state index in [0.29, 0.717) is 0 Å². The van der Waals surface area contributed by atoms with Gasteiger partial charge in [-0.25, -0.2) is 0 Å². The Bertz CT molecular complexity index is 129. The lowest BCUT2D eigenvalue weighted by Gasteiger charge is -1.62. The Labute approximate surface area is 37.2 Å². The van der Waals surface area contributed by atoms with E-state index in [2.05, 4.69) is 18.2 Å². The van der Waals surface area contributed by atoms with Crippen LogP contribution in [0, 0.1) is 5.92 Å². The van der Waals surface area contributed by atoms with Crippen LogP contribution in [0.2, 0.25) is 0 Å². The van der Waals surface area contributed by atoms with E-state index in [4.69, 9.17) is 0 Å². The number of allylic oxidation sites excluding steroid dienone is 4. The van der Waals surface area contributed by atoms with Crippen molar-refractivity contribution in [3.8, 4) is 0 Å². The average molecular weight is 78.1 g/mol. The smallest absolute Gasteiger partial charge is 0.00208 e. The molecule has 0 aromatic heterocycles. The zero-order valence-corrected chi connectivity index (χ0v) is 3.52. The van der Waals surface area contributed by atoms with Crippen LogP contribution in [-0.4, -0.2) is 0 Å². The van der Waals surface area contributed by atoms with Crippen LogP contribution in [0.5, 0.6) is 0 Å². The summed E-state index contributed by atoms with van der Waals surface area (Å²) >= 11 is 0. The van der Waals surface area contributed by atoms with Crippen LogP contribution in [-0.2, 0) is 0 Å². The SMILES string of the molecule is C1=C[C@H]2CC2=C1.